The molecule has 0 heterocycles. The molecule has 1 aromatic rings. The second kappa shape index (κ2) is 6.19. The summed E-state index contributed by atoms with van der Waals surface area (Å²) in [5.74, 6) is 0. The Morgan fingerprint density at radius 2 is 1.68 bits per heavy atom. The van der Waals surface area contributed by atoms with Crippen molar-refractivity contribution in [3.63, 3.8) is 0 Å². The van der Waals surface area contributed by atoms with Crippen LogP contribution in [0.5, 0.6) is 0 Å². The summed E-state index contributed by atoms with van der Waals surface area (Å²) in [6.07, 6.45) is -3.42. The highest BCUT2D eigenvalue weighted by Crippen LogP contribution is 2.29. The molecule has 0 aromatic heterocycles. The predicted octanol–water partition coefficient (Wildman–Crippen LogP) is 4.67. The van der Waals surface area contributed by atoms with E-state index in [0.29, 0.717) is 10.6 Å². The van der Waals surface area contributed by atoms with Crippen molar-refractivity contribution in [3.05, 3.63) is 46.7 Å². The van der Waals surface area contributed by atoms with E-state index >= 15 is 0 Å². The molecule has 0 amide bonds. The van der Waals surface area contributed by atoms with Crippen molar-refractivity contribution >= 4 is 17.2 Å². The largest absolute Gasteiger partial charge is 0.416 e. The predicted molar refractivity (Wildman–Crippen MR) is 74.9 cm³/mol. The Bertz CT molecular complexity index is 486. The monoisotopic (exact) mass is 287 g/mol. The maximum atomic E-state index is 12.4. The molecule has 5 heteroatoms. The molecule has 0 atom stereocenters. The van der Waals surface area contributed by atoms with Crippen molar-refractivity contribution < 1.29 is 13.2 Å². The lowest BCUT2D eigenvalue weighted by Gasteiger charge is -2.12. The van der Waals surface area contributed by atoms with E-state index in [9.17, 15) is 13.2 Å². The highest BCUT2D eigenvalue weighted by Gasteiger charge is 2.30. The molecule has 0 saturated carbocycles. The van der Waals surface area contributed by atoms with Crippen molar-refractivity contribution in [2.45, 2.75) is 33.4 Å². The van der Waals surface area contributed by atoms with Crippen LogP contribution >= 0.6 is 12.2 Å². The van der Waals surface area contributed by atoms with Gasteiger partial charge in [0, 0.05) is 11.3 Å². The second-order valence-corrected chi connectivity index (χ2v) is 4.70. The first-order chi connectivity index (χ1) is 8.75. The molecule has 19 heavy (non-hydrogen) atoms. The van der Waals surface area contributed by atoms with E-state index in [1.54, 1.807) is 0 Å². The molecule has 0 aliphatic heterocycles. The minimum atomic E-state index is -4.32. The highest BCUT2D eigenvalue weighted by atomic mass is 32.1. The summed E-state index contributed by atoms with van der Waals surface area (Å²) in [5.41, 5.74) is 2.00. The Balaban J connectivity index is 2.85. The summed E-state index contributed by atoms with van der Waals surface area (Å²) in [4.78, 5) is 0.430. The molecule has 1 N–H and O–H groups in total. The number of nitrogens with one attached hydrogen (secondary N) is 1. The lowest BCUT2D eigenvalue weighted by Crippen LogP contribution is -2.21. The van der Waals surface area contributed by atoms with Crippen LogP contribution in [0.25, 0.3) is 0 Å². The number of hydrogen-bond donors (Lipinski definition) is 1. The summed E-state index contributed by atoms with van der Waals surface area (Å²) in [7, 11) is 0. The van der Waals surface area contributed by atoms with Gasteiger partial charge in [0.1, 0.15) is 4.99 Å². The lowest BCUT2D eigenvalue weighted by atomic mass is 10.1. The van der Waals surface area contributed by atoms with Gasteiger partial charge in [0.25, 0.3) is 0 Å². The van der Waals surface area contributed by atoms with E-state index in [2.05, 4.69) is 5.32 Å². The maximum Gasteiger partial charge on any atom is 0.416 e. The molecule has 0 spiro atoms. The third kappa shape index (κ3) is 4.35. The van der Waals surface area contributed by atoms with Crippen molar-refractivity contribution in [2.75, 3.05) is 0 Å². The fourth-order valence-corrected chi connectivity index (χ4v) is 1.71. The molecule has 0 bridgehead atoms. The molecule has 0 aliphatic rings. The first-order valence-corrected chi connectivity index (χ1v) is 6.31. The van der Waals surface area contributed by atoms with Gasteiger partial charge in [-0.25, -0.2) is 0 Å². The van der Waals surface area contributed by atoms with Gasteiger partial charge in [0.15, 0.2) is 0 Å². The van der Waals surface area contributed by atoms with E-state index in [4.69, 9.17) is 12.2 Å². The number of halogens is 3. The van der Waals surface area contributed by atoms with Gasteiger partial charge >= 0.3 is 6.18 Å². The van der Waals surface area contributed by atoms with E-state index in [1.165, 1.54) is 12.1 Å². The Morgan fingerprint density at radius 1 is 1.16 bits per heavy atom. The molecule has 0 aliphatic carbocycles. The van der Waals surface area contributed by atoms with Gasteiger partial charge in [-0.1, -0.05) is 36.8 Å². The van der Waals surface area contributed by atoms with Gasteiger partial charge in [-0.3, -0.25) is 0 Å². The van der Waals surface area contributed by atoms with Gasteiger partial charge in [0.05, 0.1) is 5.56 Å². The molecule has 0 radical (unpaired) electrons. The summed E-state index contributed by atoms with van der Waals surface area (Å²) in [5, 5.41) is 3.03. The van der Waals surface area contributed by atoms with Crippen LogP contribution in [0.15, 0.2) is 35.5 Å². The minimum Gasteiger partial charge on any atom is -0.350 e. The number of hydrogen-bond acceptors (Lipinski definition) is 1. The summed E-state index contributed by atoms with van der Waals surface area (Å²) in [6.45, 7) is 5.91. The average Bonchev–Trinajstić information content (AvgIpc) is 2.36. The normalized spacial score (nSPS) is 12.9. The van der Waals surface area contributed by atoms with Gasteiger partial charge in [0.2, 0.25) is 0 Å². The topological polar surface area (TPSA) is 12.0 Å². The third-order valence-electron chi connectivity index (χ3n) is 2.95. The first-order valence-electron chi connectivity index (χ1n) is 5.90. The zero-order valence-electron chi connectivity index (χ0n) is 11.1. The van der Waals surface area contributed by atoms with E-state index in [1.807, 2.05) is 20.8 Å². The van der Waals surface area contributed by atoms with E-state index in [0.717, 1.165) is 29.8 Å². The van der Waals surface area contributed by atoms with Crippen LogP contribution in [0, 0.1) is 0 Å². The van der Waals surface area contributed by atoms with Crippen molar-refractivity contribution in [2.24, 2.45) is 0 Å². The van der Waals surface area contributed by atoms with Crippen LogP contribution in [0.3, 0.4) is 0 Å². The number of rotatable bonds is 3. The average molecular weight is 287 g/mol. The summed E-state index contributed by atoms with van der Waals surface area (Å²) < 4.78 is 37.3. The van der Waals surface area contributed by atoms with Gasteiger partial charge < -0.3 is 5.32 Å². The number of alkyl halides is 3. The van der Waals surface area contributed by atoms with Crippen molar-refractivity contribution in [1.29, 1.82) is 0 Å². The third-order valence-corrected chi connectivity index (χ3v) is 3.28. The highest BCUT2D eigenvalue weighted by molar-refractivity contribution is 7.80. The molecule has 0 fully saturated rings. The van der Waals surface area contributed by atoms with Gasteiger partial charge in [-0.15, -0.1) is 0 Å². The van der Waals surface area contributed by atoms with Gasteiger partial charge in [-0.05, 0) is 32.4 Å². The fraction of sp³-hybridized carbons (Fsp3) is 0.357. The van der Waals surface area contributed by atoms with E-state index < -0.39 is 11.7 Å². The van der Waals surface area contributed by atoms with Crippen LogP contribution in [0.4, 0.5) is 13.2 Å². The fourth-order valence-electron chi connectivity index (χ4n) is 1.42. The number of thiocarbonyl (C=S) groups is 1. The Morgan fingerprint density at radius 3 is 2.11 bits per heavy atom. The summed E-state index contributed by atoms with van der Waals surface area (Å²) in [6, 6.07) is 4.84. The van der Waals surface area contributed by atoms with Crippen LogP contribution in [0.1, 0.15) is 38.3 Å². The quantitative estimate of drug-likeness (QED) is 0.810. The molecule has 0 unspecified atom stereocenters. The van der Waals surface area contributed by atoms with Crippen molar-refractivity contribution in [1.82, 2.24) is 5.32 Å². The van der Waals surface area contributed by atoms with Crippen LogP contribution in [0.2, 0.25) is 0 Å². The SMILES string of the molecule is CC/C(C)=C(\C)NC(=S)c1ccc(C(F)(F)F)cc1. The molecule has 0 saturated heterocycles. The first kappa shape index (κ1) is 15.7. The van der Waals surface area contributed by atoms with Crippen LogP contribution in [-0.4, -0.2) is 4.99 Å². The van der Waals surface area contributed by atoms with Crippen molar-refractivity contribution in [3.8, 4) is 0 Å². The van der Waals surface area contributed by atoms with E-state index in [-0.39, 0.29) is 0 Å². The Kier molecular flexibility index (Phi) is 5.11. The molecule has 104 valence electrons. The molecule has 1 aromatic carbocycles. The smallest absolute Gasteiger partial charge is 0.350 e. The summed E-state index contributed by atoms with van der Waals surface area (Å²) >= 11 is 5.17. The maximum absolute atomic E-state index is 12.4. The standard InChI is InChI=1S/C14H16F3NS/c1-4-9(2)10(3)18-13(19)11-5-7-12(8-6-11)14(15,16)17/h5-8H,4H2,1-3H3,(H,18,19)/b10-9+. The zero-order chi connectivity index (χ0) is 14.6. The lowest BCUT2D eigenvalue weighted by molar-refractivity contribution is -0.137. The molecule has 1 rings (SSSR count). The number of benzene rings is 1. The zero-order valence-corrected chi connectivity index (χ0v) is 11.9. The Labute approximate surface area is 116 Å². The number of allylic oxidation sites excluding steroid dienone is 2. The second-order valence-electron chi connectivity index (χ2n) is 4.29. The molecule has 1 nitrogen and oxygen atoms in total. The molecular formula is C14H16F3NS. The van der Waals surface area contributed by atoms with Crippen LogP contribution in [-0.2, 0) is 6.18 Å². The van der Waals surface area contributed by atoms with Crippen LogP contribution < -0.4 is 5.32 Å². The Hall–Kier alpha value is -1.36. The molecular weight excluding hydrogens is 271 g/mol. The van der Waals surface area contributed by atoms with Gasteiger partial charge in [-0.2, -0.15) is 13.2 Å². The minimum absolute atomic E-state index is 0.430.